The molecule has 0 heterocycles. The summed E-state index contributed by atoms with van der Waals surface area (Å²) >= 11 is 0. The van der Waals surface area contributed by atoms with Crippen LogP contribution in [0.1, 0.15) is 32.1 Å². The summed E-state index contributed by atoms with van der Waals surface area (Å²) in [5, 5.41) is 0. The molecule has 0 radical (unpaired) electrons. The van der Waals surface area contributed by atoms with Gasteiger partial charge in [-0.2, -0.15) is 0 Å². The predicted octanol–water partition coefficient (Wildman–Crippen LogP) is 0.960. The van der Waals surface area contributed by atoms with E-state index < -0.39 is 0 Å². The van der Waals surface area contributed by atoms with Gasteiger partial charge in [0.1, 0.15) is 0 Å². The lowest BCUT2D eigenvalue weighted by Crippen LogP contribution is -2.53. The van der Waals surface area contributed by atoms with Gasteiger partial charge in [0.25, 0.3) is 0 Å². The van der Waals surface area contributed by atoms with E-state index in [1.165, 1.54) is 32.1 Å². The first-order chi connectivity index (χ1) is 5.27. The van der Waals surface area contributed by atoms with Gasteiger partial charge in [-0.25, -0.2) is 0 Å². The number of hydrogen-bond acceptors (Lipinski definition) is 2. The Balaban J connectivity index is 1.76. The van der Waals surface area contributed by atoms with Crippen LogP contribution in [0.15, 0.2) is 0 Å². The summed E-state index contributed by atoms with van der Waals surface area (Å²) in [5.74, 6) is 0. The second-order valence-electron chi connectivity index (χ2n) is 4.14. The predicted molar refractivity (Wildman–Crippen MR) is 46.4 cm³/mol. The molecule has 0 saturated heterocycles. The Bertz CT molecular complexity index is 136. The highest BCUT2D eigenvalue weighted by Gasteiger charge is 2.34. The van der Waals surface area contributed by atoms with E-state index in [2.05, 4.69) is 11.9 Å². The van der Waals surface area contributed by atoms with E-state index in [9.17, 15) is 0 Å². The molecule has 0 unspecified atom stereocenters. The highest BCUT2D eigenvalue weighted by molar-refractivity contribution is 4.92. The fraction of sp³-hybridized carbons (Fsp3) is 1.00. The fourth-order valence-corrected chi connectivity index (χ4v) is 2.05. The lowest BCUT2D eigenvalue weighted by atomic mass is 9.82. The molecule has 0 aromatic carbocycles. The minimum Gasteiger partial charge on any atom is -0.328 e. The average molecular weight is 154 g/mol. The topological polar surface area (TPSA) is 29.3 Å². The minimum absolute atomic E-state index is 0.502. The molecule has 2 heteroatoms. The lowest BCUT2D eigenvalue weighted by Gasteiger charge is -2.46. The number of rotatable bonds is 2. The second-order valence-corrected chi connectivity index (χ2v) is 4.14. The molecule has 0 aromatic rings. The van der Waals surface area contributed by atoms with E-state index in [0.29, 0.717) is 6.04 Å². The molecule has 2 fully saturated rings. The third kappa shape index (κ3) is 1.30. The first-order valence-corrected chi connectivity index (χ1v) is 4.75. The molecular formula is C9H18N2. The molecule has 11 heavy (non-hydrogen) atoms. The van der Waals surface area contributed by atoms with E-state index in [0.717, 1.165) is 12.1 Å². The quantitative estimate of drug-likeness (QED) is 0.642. The van der Waals surface area contributed by atoms with Crippen molar-refractivity contribution < 1.29 is 0 Å². The van der Waals surface area contributed by atoms with Gasteiger partial charge in [0.05, 0.1) is 0 Å². The standard InChI is InChI=1S/C9H18N2/c1-11(8-3-2-4-8)9-5-7(10)6-9/h7-9H,2-6,10H2,1H3. The fourth-order valence-electron chi connectivity index (χ4n) is 2.05. The maximum atomic E-state index is 5.74. The zero-order valence-electron chi connectivity index (χ0n) is 7.29. The van der Waals surface area contributed by atoms with Crippen molar-refractivity contribution in [1.29, 1.82) is 0 Å². The van der Waals surface area contributed by atoms with Gasteiger partial charge >= 0.3 is 0 Å². The van der Waals surface area contributed by atoms with Crippen LogP contribution in [0.3, 0.4) is 0 Å². The zero-order valence-corrected chi connectivity index (χ0v) is 7.29. The van der Waals surface area contributed by atoms with Crippen LogP contribution < -0.4 is 5.73 Å². The van der Waals surface area contributed by atoms with Crippen LogP contribution in [0.25, 0.3) is 0 Å². The molecule has 2 aliphatic carbocycles. The minimum atomic E-state index is 0.502. The van der Waals surface area contributed by atoms with Crippen molar-refractivity contribution in [2.45, 2.75) is 50.2 Å². The molecule has 2 rings (SSSR count). The Labute approximate surface area is 68.7 Å². The molecule has 0 aliphatic heterocycles. The van der Waals surface area contributed by atoms with Crippen molar-refractivity contribution >= 4 is 0 Å². The molecule has 2 aliphatic rings. The molecule has 2 saturated carbocycles. The van der Waals surface area contributed by atoms with Gasteiger partial charge in [-0.15, -0.1) is 0 Å². The van der Waals surface area contributed by atoms with Crippen molar-refractivity contribution in [1.82, 2.24) is 4.90 Å². The SMILES string of the molecule is CN(C1CCC1)C1CC(N)C1. The van der Waals surface area contributed by atoms with Crippen LogP contribution in [0.4, 0.5) is 0 Å². The molecule has 0 aromatic heterocycles. The van der Waals surface area contributed by atoms with Crippen molar-refractivity contribution in [3.8, 4) is 0 Å². The highest BCUT2D eigenvalue weighted by atomic mass is 15.2. The second kappa shape index (κ2) is 2.76. The van der Waals surface area contributed by atoms with E-state index in [1.54, 1.807) is 0 Å². The van der Waals surface area contributed by atoms with E-state index >= 15 is 0 Å². The Hall–Kier alpha value is -0.0800. The Morgan fingerprint density at radius 1 is 1.18 bits per heavy atom. The molecule has 0 spiro atoms. The number of nitrogens with zero attached hydrogens (tertiary/aromatic N) is 1. The van der Waals surface area contributed by atoms with Crippen molar-refractivity contribution in [3.63, 3.8) is 0 Å². The largest absolute Gasteiger partial charge is 0.328 e. The summed E-state index contributed by atoms with van der Waals surface area (Å²) in [6.45, 7) is 0. The average Bonchev–Trinajstić information content (AvgIpc) is 1.76. The van der Waals surface area contributed by atoms with Crippen molar-refractivity contribution in [3.05, 3.63) is 0 Å². The normalized spacial score (nSPS) is 38.5. The van der Waals surface area contributed by atoms with E-state index in [-0.39, 0.29) is 0 Å². The van der Waals surface area contributed by atoms with E-state index in [4.69, 9.17) is 5.73 Å². The zero-order chi connectivity index (χ0) is 7.84. The van der Waals surface area contributed by atoms with Gasteiger partial charge < -0.3 is 10.6 Å². The number of nitrogens with two attached hydrogens (primary N) is 1. The van der Waals surface area contributed by atoms with Gasteiger partial charge in [0, 0.05) is 18.1 Å². The monoisotopic (exact) mass is 154 g/mol. The van der Waals surface area contributed by atoms with Crippen molar-refractivity contribution in [2.24, 2.45) is 5.73 Å². The maximum absolute atomic E-state index is 5.74. The summed E-state index contributed by atoms with van der Waals surface area (Å²) in [7, 11) is 2.26. The van der Waals surface area contributed by atoms with Crippen LogP contribution in [-0.4, -0.2) is 30.1 Å². The summed E-state index contributed by atoms with van der Waals surface area (Å²) in [6.07, 6.45) is 6.73. The summed E-state index contributed by atoms with van der Waals surface area (Å²) < 4.78 is 0. The van der Waals surface area contributed by atoms with Crippen LogP contribution in [0.2, 0.25) is 0 Å². The number of hydrogen-bond donors (Lipinski definition) is 1. The summed E-state index contributed by atoms with van der Waals surface area (Å²) in [5.41, 5.74) is 5.74. The van der Waals surface area contributed by atoms with E-state index in [1.807, 2.05) is 0 Å². The first kappa shape index (κ1) is 7.56. The summed E-state index contributed by atoms with van der Waals surface area (Å²) in [6, 6.07) is 2.21. The van der Waals surface area contributed by atoms with Gasteiger partial charge in [-0.1, -0.05) is 6.42 Å². The van der Waals surface area contributed by atoms with Gasteiger partial charge in [0.15, 0.2) is 0 Å². The van der Waals surface area contributed by atoms with Crippen LogP contribution in [-0.2, 0) is 0 Å². The highest BCUT2D eigenvalue weighted by Crippen LogP contribution is 2.31. The van der Waals surface area contributed by atoms with Crippen LogP contribution in [0.5, 0.6) is 0 Å². The van der Waals surface area contributed by atoms with Crippen molar-refractivity contribution in [2.75, 3.05) is 7.05 Å². The third-order valence-corrected chi connectivity index (χ3v) is 3.38. The van der Waals surface area contributed by atoms with Crippen LogP contribution >= 0.6 is 0 Å². The molecule has 2 N–H and O–H groups in total. The third-order valence-electron chi connectivity index (χ3n) is 3.38. The van der Waals surface area contributed by atoms with Gasteiger partial charge in [0.2, 0.25) is 0 Å². The van der Waals surface area contributed by atoms with Crippen LogP contribution in [0, 0.1) is 0 Å². The maximum Gasteiger partial charge on any atom is 0.0125 e. The van der Waals surface area contributed by atoms with Gasteiger partial charge in [-0.05, 0) is 32.7 Å². The molecule has 2 nitrogen and oxygen atoms in total. The Morgan fingerprint density at radius 2 is 1.82 bits per heavy atom. The molecule has 64 valence electrons. The van der Waals surface area contributed by atoms with Gasteiger partial charge in [-0.3, -0.25) is 0 Å². The molecular weight excluding hydrogens is 136 g/mol. The Kier molecular flexibility index (Phi) is 1.90. The molecule has 0 amide bonds. The smallest absolute Gasteiger partial charge is 0.0125 e. The molecule has 0 atom stereocenters. The first-order valence-electron chi connectivity index (χ1n) is 4.75. The molecule has 0 bridgehead atoms. The summed E-state index contributed by atoms with van der Waals surface area (Å²) in [4.78, 5) is 2.55. The Morgan fingerprint density at radius 3 is 2.18 bits per heavy atom. The lowest BCUT2D eigenvalue weighted by molar-refractivity contribution is 0.0567.